The van der Waals surface area contributed by atoms with Crippen LogP contribution >= 0.6 is 0 Å². The molecule has 0 aromatic carbocycles. The molecule has 24 heavy (non-hydrogen) atoms. The van der Waals surface area contributed by atoms with Gasteiger partial charge in [-0.05, 0) is 38.2 Å². The minimum absolute atomic E-state index is 0.0642. The number of amides is 1. The molecule has 0 saturated carbocycles. The molecule has 0 spiro atoms. The minimum Gasteiger partial charge on any atom is -0.474 e. The number of hydrogen-bond acceptors (Lipinski definition) is 4. The number of carbonyl (C=O) groups is 1. The van der Waals surface area contributed by atoms with E-state index in [1.54, 1.807) is 18.3 Å². The predicted octanol–water partition coefficient (Wildman–Crippen LogP) is 3.26. The second kappa shape index (κ2) is 8.83. The molecule has 0 radical (unpaired) electrons. The number of pyridine rings is 1. The molecule has 1 aliphatic carbocycles. The molecule has 1 aliphatic heterocycles. The second-order valence-corrected chi connectivity index (χ2v) is 6.43. The average Bonchev–Trinajstić information content (AvgIpc) is 2.64. The Hall–Kier alpha value is -1.88. The Bertz CT molecular complexity index is 580. The number of hydrogen-bond donors (Lipinski definition) is 1. The van der Waals surface area contributed by atoms with E-state index in [0.717, 1.165) is 32.5 Å². The van der Waals surface area contributed by atoms with Gasteiger partial charge in [-0.25, -0.2) is 4.98 Å². The van der Waals surface area contributed by atoms with Gasteiger partial charge in [0, 0.05) is 37.2 Å². The summed E-state index contributed by atoms with van der Waals surface area (Å²) in [5, 5.41) is 2.99. The van der Waals surface area contributed by atoms with Crippen molar-refractivity contribution in [1.82, 2.24) is 10.3 Å². The quantitative estimate of drug-likeness (QED) is 0.813. The molecule has 1 saturated heterocycles. The third kappa shape index (κ3) is 5.06. The maximum atomic E-state index is 12.3. The maximum absolute atomic E-state index is 12.3. The van der Waals surface area contributed by atoms with E-state index in [1.807, 2.05) is 0 Å². The molecule has 0 bridgehead atoms. The van der Waals surface area contributed by atoms with Gasteiger partial charge in [0.2, 0.25) is 5.88 Å². The van der Waals surface area contributed by atoms with E-state index < -0.39 is 0 Å². The van der Waals surface area contributed by atoms with E-state index in [9.17, 15) is 4.79 Å². The maximum Gasteiger partial charge on any atom is 0.251 e. The number of ether oxygens (including phenoxy) is 2. The topological polar surface area (TPSA) is 60.5 Å². The smallest absolute Gasteiger partial charge is 0.251 e. The number of carbonyl (C=O) groups excluding carboxylic acids is 1. The van der Waals surface area contributed by atoms with Crippen LogP contribution < -0.4 is 10.1 Å². The minimum atomic E-state index is -0.0642. The normalized spacial score (nSPS) is 18.8. The van der Waals surface area contributed by atoms with Crippen LogP contribution in [-0.2, 0) is 4.74 Å². The highest BCUT2D eigenvalue weighted by atomic mass is 16.5. The standard InChI is InChI=1S/C19H26N2O3/c22-19(21-10-6-15-4-2-1-3-5-15)16-7-11-20-18(14-16)24-17-8-12-23-13-9-17/h4,7,11,14,17H,1-3,5-6,8-10,12-13H2,(H,21,22). The van der Waals surface area contributed by atoms with Gasteiger partial charge < -0.3 is 14.8 Å². The predicted molar refractivity (Wildman–Crippen MR) is 92.2 cm³/mol. The molecule has 1 fully saturated rings. The lowest BCUT2D eigenvalue weighted by atomic mass is 9.97. The molecule has 3 rings (SSSR count). The van der Waals surface area contributed by atoms with Crippen LogP contribution in [0.2, 0.25) is 0 Å². The molecule has 1 aromatic heterocycles. The van der Waals surface area contributed by atoms with Gasteiger partial charge in [-0.15, -0.1) is 0 Å². The van der Waals surface area contributed by atoms with Crippen LogP contribution in [0.25, 0.3) is 0 Å². The van der Waals surface area contributed by atoms with Gasteiger partial charge in [0.1, 0.15) is 6.10 Å². The summed E-state index contributed by atoms with van der Waals surface area (Å²) >= 11 is 0. The Morgan fingerprint density at radius 2 is 2.21 bits per heavy atom. The third-order valence-electron chi connectivity index (χ3n) is 4.57. The Labute approximate surface area is 143 Å². The van der Waals surface area contributed by atoms with Crippen molar-refractivity contribution in [2.45, 2.75) is 51.0 Å². The van der Waals surface area contributed by atoms with Crippen LogP contribution in [0.4, 0.5) is 0 Å². The lowest BCUT2D eigenvalue weighted by molar-refractivity contribution is 0.0237. The lowest BCUT2D eigenvalue weighted by Crippen LogP contribution is -2.27. The van der Waals surface area contributed by atoms with Gasteiger partial charge in [0.15, 0.2) is 0 Å². The monoisotopic (exact) mass is 330 g/mol. The zero-order chi connectivity index (χ0) is 16.6. The molecule has 5 heteroatoms. The fraction of sp³-hybridized carbons (Fsp3) is 0.579. The first-order valence-corrected chi connectivity index (χ1v) is 8.98. The SMILES string of the molecule is O=C(NCCC1=CCCCC1)c1ccnc(OC2CCOCC2)c1. The first kappa shape index (κ1) is 17.0. The number of rotatable bonds is 6. The fourth-order valence-corrected chi connectivity index (χ4v) is 3.15. The van der Waals surface area contributed by atoms with Crippen LogP contribution in [0.15, 0.2) is 30.0 Å². The number of nitrogens with one attached hydrogen (secondary N) is 1. The van der Waals surface area contributed by atoms with Crippen molar-refractivity contribution < 1.29 is 14.3 Å². The molecule has 0 atom stereocenters. The van der Waals surface area contributed by atoms with Crippen LogP contribution in [-0.4, -0.2) is 36.8 Å². The molecule has 1 amide bonds. The third-order valence-corrected chi connectivity index (χ3v) is 4.57. The molecule has 2 heterocycles. The van der Waals surface area contributed by atoms with Crippen molar-refractivity contribution in [3.05, 3.63) is 35.5 Å². The van der Waals surface area contributed by atoms with E-state index in [1.165, 1.54) is 31.3 Å². The molecule has 2 aliphatic rings. The molecule has 1 N–H and O–H groups in total. The van der Waals surface area contributed by atoms with Crippen LogP contribution in [0.3, 0.4) is 0 Å². The zero-order valence-electron chi connectivity index (χ0n) is 14.1. The highest BCUT2D eigenvalue weighted by molar-refractivity contribution is 5.94. The summed E-state index contributed by atoms with van der Waals surface area (Å²) in [5.74, 6) is 0.454. The van der Waals surface area contributed by atoms with Crippen molar-refractivity contribution >= 4 is 5.91 Å². The van der Waals surface area contributed by atoms with Gasteiger partial charge in [0.05, 0.1) is 13.2 Å². The van der Waals surface area contributed by atoms with E-state index in [4.69, 9.17) is 9.47 Å². The second-order valence-electron chi connectivity index (χ2n) is 6.43. The summed E-state index contributed by atoms with van der Waals surface area (Å²) in [5.41, 5.74) is 2.07. The van der Waals surface area contributed by atoms with E-state index in [-0.39, 0.29) is 12.0 Å². The Morgan fingerprint density at radius 3 is 3.00 bits per heavy atom. The van der Waals surface area contributed by atoms with E-state index in [2.05, 4.69) is 16.4 Å². The van der Waals surface area contributed by atoms with Crippen molar-refractivity contribution in [3.8, 4) is 5.88 Å². The Morgan fingerprint density at radius 1 is 1.33 bits per heavy atom. The van der Waals surface area contributed by atoms with E-state index in [0.29, 0.717) is 18.0 Å². The fourth-order valence-electron chi connectivity index (χ4n) is 3.15. The first-order chi connectivity index (χ1) is 11.8. The van der Waals surface area contributed by atoms with Crippen molar-refractivity contribution in [2.75, 3.05) is 19.8 Å². The van der Waals surface area contributed by atoms with Crippen LogP contribution in [0.5, 0.6) is 5.88 Å². The van der Waals surface area contributed by atoms with Crippen molar-refractivity contribution in [3.63, 3.8) is 0 Å². The first-order valence-electron chi connectivity index (χ1n) is 8.98. The van der Waals surface area contributed by atoms with Gasteiger partial charge >= 0.3 is 0 Å². The van der Waals surface area contributed by atoms with E-state index >= 15 is 0 Å². The summed E-state index contributed by atoms with van der Waals surface area (Å²) in [6, 6.07) is 3.46. The summed E-state index contributed by atoms with van der Waals surface area (Å²) in [4.78, 5) is 16.5. The van der Waals surface area contributed by atoms with Crippen molar-refractivity contribution in [1.29, 1.82) is 0 Å². The summed E-state index contributed by atoms with van der Waals surface area (Å²) in [7, 11) is 0. The molecule has 0 unspecified atom stereocenters. The Kier molecular flexibility index (Phi) is 6.24. The molecular formula is C19H26N2O3. The molecule has 5 nitrogen and oxygen atoms in total. The summed E-state index contributed by atoms with van der Waals surface area (Å²) in [6.45, 7) is 2.13. The number of nitrogens with zero attached hydrogens (tertiary/aromatic N) is 1. The van der Waals surface area contributed by atoms with Crippen LogP contribution in [0.1, 0.15) is 55.3 Å². The average molecular weight is 330 g/mol. The highest BCUT2D eigenvalue weighted by Gasteiger charge is 2.16. The lowest BCUT2D eigenvalue weighted by Gasteiger charge is -2.22. The van der Waals surface area contributed by atoms with Gasteiger partial charge in [-0.3, -0.25) is 4.79 Å². The largest absolute Gasteiger partial charge is 0.474 e. The molecule has 130 valence electrons. The summed E-state index contributed by atoms with van der Waals surface area (Å²) < 4.78 is 11.2. The number of allylic oxidation sites excluding steroid dienone is 1. The van der Waals surface area contributed by atoms with Gasteiger partial charge in [-0.1, -0.05) is 11.6 Å². The van der Waals surface area contributed by atoms with Gasteiger partial charge in [-0.2, -0.15) is 0 Å². The van der Waals surface area contributed by atoms with Crippen LogP contribution in [0, 0.1) is 0 Å². The number of aromatic nitrogens is 1. The molecular weight excluding hydrogens is 304 g/mol. The van der Waals surface area contributed by atoms with Crippen molar-refractivity contribution in [2.24, 2.45) is 0 Å². The zero-order valence-corrected chi connectivity index (χ0v) is 14.1. The molecule has 1 aromatic rings. The van der Waals surface area contributed by atoms with Gasteiger partial charge in [0.25, 0.3) is 5.91 Å². The summed E-state index contributed by atoms with van der Waals surface area (Å²) in [6.07, 6.45) is 11.7. The highest BCUT2D eigenvalue weighted by Crippen LogP contribution is 2.20. The Balaban J connectivity index is 1.49.